The molecule has 2 heterocycles. The number of rotatable bonds is 5. The van der Waals surface area contributed by atoms with Gasteiger partial charge in [-0.3, -0.25) is 4.90 Å². The average Bonchev–Trinajstić information content (AvgIpc) is 2.61. The highest BCUT2D eigenvalue weighted by Gasteiger charge is 2.16. The molecule has 5 heteroatoms. The van der Waals surface area contributed by atoms with Crippen LogP contribution < -0.4 is 5.32 Å². The molecule has 24 heavy (non-hydrogen) atoms. The molecule has 1 unspecified atom stereocenters. The summed E-state index contributed by atoms with van der Waals surface area (Å²) in [5, 5.41) is 12.1. The Morgan fingerprint density at radius 3 is 2.96 bits per heavy atom. The first-order valence-electron chi connectivity index (χ1n) is 8.25. The molecule has 1 aliphatic heterocycles. The summed E-state index contributed by atoms with van der Waals surface area (Å²) < 4.78 is 5.59. The quantitative estimate of drug-likeness (QED) is 0.917. The maximum absolute atomic E-state index is 8.80. The molecule has 1 N–H and O–H groups in total. The summed E-state index contributed by atoms with van der Waals surface area (Å²) >= 11 is 0. The van der Waals surface area contributed by atoms with E-state index in [0.717, 1.165) is 32.1 Å². The molecule has 3 rings (SSSR count). The van der Waals surface area contributed by atoms with Gasteiger partial charge in [0.2, 0.25) is 0 Å². The van der Waals surface area contributed by atoms with E-state index < -0.39 is 0 Å². The van der Waals surface area contributed by atoms with Crippen molar-refractivity contribution in [3.05, 3.63) is 59.3 Å². The highest BCUT2D eigenvalue weighted by atomic mass is 16.5. The van der Waals surface area contributed by atoms with Crippen molar-refractivity contribution >= 4 is 5.82 Å². The van der Waals surface area contributed by atoms with Crippen molar-refractivity contribution in [2.24, 2.45) is 0 Å². The number of morpholine rings is 1. The molecule has 1 aromatic heterocycles. The Kier molecular flexibility index (Phi) is 5.42. The summed E-state index contributed by atoms with van der Waals surface area (Å²) in [5.74, 6) is 0.779. The van der Waals surface area contributed by atoms with Crippen LogP contribution in [0.1, 0.15) is 23.6 Å². The van der Waals surface area contributed by atoms with Crippen LogP contribution in [0.2, 0.25) is 0 Å². The molecule has 1 atom stereocenters. The van der Waals surface area contributed by atoms with Crippen LogP contribution in [0.5, 0.6) is 0 Å². The van der Waals surface area contributed by atoms with E-state index in [4.69, 9.17) is 10.00 Å². The van der Waals surface area contributed by atoms with E-state index in [-0.39, 0.29) is 0 Å². The molecule has 5 nitrogen and oxygen atoms in total. The molecule has 1 saturated heterocycles. The number of nitrogens with zero attached hydrogens (tertiary/aromatic N) is 3. The van der Waals surface area contributed by atoms with E-state index in [0.29, 0.717) is 18.2 Å². The number of aromatic nitrogens is 1. The summed E-state index contributed by atoms with van der Waals surface area (Å²) in [6.45, 7) is 6.58. The average molecular weight is 322 g/mol. The first-order valence-corrected chi connectivity index (χ1v) is 8.25. The highest BCUT2D eigenvalue weighted by molar-refractivity contribution is 5.40. The number of nitriles is 1. The lowest BCUT2D eigenvalue weighted by atomic mass is 10.1. The normalized spacial score (nSPS) is 18.1. The molecule has 2 aromatic rings. The van der Waals surface area contributed by atoms with E-state index in [1.807, 2.05) is 6.07 Å². The van der Waals surface area contributed by atoms with Gasteiger partial charge in [-0.05, 0) is 30.2 Å². The zero-order chi connectivity index (χ0) is 16.8. The van der Waals surface area contributed by atoms with Crippen molar-refractivity contribution in [3.63, 3.8) is 0 Å². The van der Waals surface area contributed by atoms with Crippen LogP contribution in [0.15, 0.2) is 42.6 Å². The first-order chi connectivity index (χ1) is 11.7. The van der Waals surface area contributed by atoms with Gasteiger partial charge in [-0.1, -0.05) is 24.3 Å². The van der Waals surface area contributed by atoms with Crippen molar-refractivity contribution in [1.29, 1.82) is 5.26 Å². The Morgan fingerprint density at radius 1 is 1.33 bits per heavy atom. The van der Waals surface area contributed by atoms with Crippen LogP contribution in [0.4, 0.5) is 5.82 Å². The molecule has 1 aliphatic rings. The topological polar surface area (TPSA) is 61.2 Å². The smallest absolute Gasteiger partial charge is 0.126 e. The predicted octanol–water partition coefficient (Wildman–Crippen LogP) is 2.79. The summed E-state index contributed by atoms with van der Waals surface area (Å²) in [4.78, 5) is 6.67. The lowest BCUT2D eigenvalue weighted by Gasteiger charge is -2.31. The van der Waals surface area contributed by atoms with Gasteiger partial charge in [0.25, 0.3) is 0 Å². The van der Waals surface area contributed by atoms with E-state index >= 15 is 0 Å². The van der Waals surface area contributed by atoms with Gasteiger partial charge in [0.05, 0.1) is 18.3 Å². The zero-order valence-corrected chi connectivity index (χ0v) is 13.9. The largest absolute Gasteiger partial charge is 0.376 e. The third kappa shape index (κ3) is 4.54. The number of hydrogen-bond donors (Lipinski definition) is 1. The molecular formula is C19H22N4O. The van der Waals surface area contributed by atoms with Crippen molar-refractivity contribution < 1.29 is 4.74 Å². The molecule has 124 valence electrons. The molecule has 0 aliphatic carbocycles. The minimum Gasteiger partial charge on any atom is -0.376 e. The van der Waals surface area contributed by atoms with Crippen molar-refractivity contribution in [2.75, 3.05) is 25.0 Å². The van der Waals surface area contributed by atoms with Crippen molar-refractivity contribution in [2.45, 2.75) is 26.1 Å². The Hall–Kier alpha value is -2.42. The van der Waals surface area contributed by atoms with Crippen LogP contribution in [0.25, 0.3) is 0 Å². The maximum Gasteiger partial charge on any atom is 0.126 e. The lowest BCUT2D eigenvalue weighted by Crippen LogP contribution is -2.40. The summed E-state index contributed by atoms with van der Waals surface area (Å²) in [6.07, 6.45) is 1.89. The molecule has 0 radical (unpaired) electrons. The summed E-state index contributed by atoms with van der Waals surface area (Å²) in [6, 6.07) is 14.3. The Labute approximate surface area is 142 Å². The Morgan fingerprint density at radius 2 is 2.21 bits per heavy atom. The second kappa shape index (κ2) is 7.91. The third-order valence-corrected chi connectivity index (χ3v) is 4.09. The van der Waals surface area contributed by atoms with Gasteiger partial charge >= 0.3 is 0 Å². The number of ether oxygens (including phenoxy) is 1. The second-order valence-electron chi connectivity index (χ2n) is 6.13. The van der Waals surface area contributed by atoms with Gasteiger partial charge < -0.3 is 10.1 Å². The number of nitrogens with one attached hydrogen (secondary N) is 1. The minimum atomic E-state index is 0.311. The predicted molar refractivity (Wildman–Crippen MR) is 93.4 cm³/mol. The molecule has 0 saturated carbocycles. The molecule has 1 aromatic carbocycles. The number of pyridine rings is 1. The summed E-state index contributed by atoms with van der Waals surface area (Å²) in [7, 11) is 0. The number of hydrogen-bond acceptors (Lipinski definition) is 5. The van der Waals surface area contributed by atoms with Crippen LogP contribution in [0, 0.1) is 11.3 Å². The summed E-state index contributed by atoms with van der Waals surface area (Å²) in [5.41, 5.74) is 3.11. The molecule has 1 fully saturated rings. The highest BCUT2D eigenvalue weighted by Crippen LogP contribution is 2.13. The lowest BCUT2D eigenvalue weighted by molar-refractivity contribution is -0.0212. The SMILES string of the molecule is CC1CN(Cc2cccc(CNc3ccc(C#N)cn3)c2)CCO1. The molecule has 0 spiro atoms. The monoisotopic (exact) mass is 322 g/mol. The van der Waals surface area contributed by atoms with Crippen molar-refractivity contribution in [1.82, 2.24) is 9.88 Å². The fourth-order valence-electron chi connectivity index (χ4n) is 2.89. The van der Waals surface area contributed by atoms with Gasteiger partial charge in [0.1, 0.15) is 11.9 Å². The fraction of sp³-hybridized carbons (Fsp3) is 0.368. The van der Waals surface area contributed by atoms with E-state index in [2.05, 4.69) is 52.5 Å². The molecule has 0 bridgehead atoms. The van der Waals surface area contributed by atoms with Crippen LogP contribution in [-0.2, 0) is 17.8 Å². The zero-order valence-electron chi connectivity index (χ0n) is 13.9. The van der Waals surface area contributed by atoms with E-state index in [1.165, 1.54) is 11.1 Å². The van der Waals surface area contributed by atoms with Crippen LogP contribution in [-0.4, -0.2) is 35.7 Å². The minimum absolute atomic E-state index is 0.311. The van der Waals surface area contributed by atoms with Gasteiger partial charge in [-0.2, -0.15) is 5.26 Å². The number of benzene rings is 1. The van der Waals surface area contributed by atoms with Gasteiger partial charge in [-0.15, -0.1) is 0 Å². The first kappa shape index (κ1) is 16.4. The van der Waals surface area contributed by atoms with Crippen LogP contribution >= 0.6 is 0 Å². The second-order valence-corrected chi connectivity index (χ2v) is 6.13. The van der Waals surface area contributed by atoms with E-state index in [1.54, 1.807) is 12.3 Å². The van der Waals surface area contributed by atoms with Gasteiger partial charge in [0, 0.05) is 32.4 Å². The third-order valence-electron chi connectivity index (χ3n) is 4.09. The Balaban J connectivity index is 1.57. The van der Waals surface area contributed by atoms with E-state index in [9.17, 15) is 0 Å². The number of anilines is 1. The molecular weight excluding hydrogens is 300 g/mol. The fourth-order valence-corrected chi connectivity index (χ4v) is 2.89. The standard InChI is InChI=1S/C19H22N4O/c1-15-13-23(7-8-24-15)14-17-4-2-3-16(9-17)11-21-19-6-5-18(10-20)12-22-19/h2-6,9,12,15H,7-8,11,13-14H2,1H3,(H,21,22). The van der Waals surface area contributed by atoms with Gasteiger partial charge in [0.15, 0.2) is 0 Å². The molecule has 0 amide bonds. The Bertz CT molecular complexity index is 708. The maximum atomic E-state index is 8.80. The van der Waals surface area contributed by atoms with Gasteiger partial charge in [-0.25, -0.2) is 4.98 Å². The van der Waals surface area contributed by atoms with Crippen molar-refractivity contribution in [3.8, 4) is 6.07 Å². The van der Waals surface area contributed by atoms with Crippen LogP contribution in [0.3, 0.4) is 0 Å².